The summed E-state index contributed by atoms with van der Waals surface area (Å²) in [5.41, 5.74) is 1.43. The Labute approximate surface area is 76.7 Å². The van der Waals surface area contributed by atoms with Gasteiger partial charge in [-0.1, -0.05) is 11.6 Å². The Balaban J connectivity index is 3.05. The molecule has 12 heavy (non-hydrogen) atoms. The Morgan fingerprint density at radius 2 is 1.92 bits per heavy atom. The van der Waals surface area contributed by atoms with Crippen LogP contribution in [-0.2, 0) is 0 Å². The lowest BCUT2D eigenvalue weighted by molar-refractivity contribution is 0.321. The highest BCUT2D eigenvalue weighted by Gasteiger charge is 2.05. The van der Waals surface area contributed by atoms with Crippen molar-refractivity contribution in [3.8, 4) is 5.88 Å². The zero-order valence-electron chi connectivity index (χ0n) is 7.39. The molecule has 1 rings (SSSR count). The van der Waals surface area contributed by atoms with Crippen molar-refractivity contribution in [2.75, 3.05) is 6.61 Å². The van der Waals surface area contributed by atoms with Crippen molar-refractivity contribution in [1.82, 2.24) is 9.97 Å². The van der Waals surface area contributed by atoms with Gasteiger partial charge in [-0.15, -0.1) is 0 Å². The Morgan fingerprint density at radius 3 is 2.50 bits per heavy atom. The van der Waals surface area contributed by atoms with Crippen molar-refractivity contribution in [3.63, 3.8) is 0 Å². The number of hydrogen-bond acceptors (Lipinski definition) is 3. The molecule has 0 unspecified atom stereocenters. The van der Waals surface area contributed by atoms with Crippen LogP contribution in [0.4, 0.5) is 0 Å². The van der Waals surface area contributed by atoms with Gasteiger partial charge in [-0.3, -0.25) is 0 Å². The second-order valence-corrected chi connectivity index (χ2v) is 2.78. The molecule has 3 nitrogen and oxygen atoms in total. The van der Waals surface area contributed by atoms with Crippen LogP contribution in [0.3, 0.4) is 0 Å². The highest BCUT2D eigenvalue weighted by Crippen LogP contribution is 2.17. The summed E-state index contributed by atoms with van der Waals surface area (Å²) in [4.78, 5) is 8.21. The van der Waals surface area contributed by atoms with E-state index in [1.54, 1.807) is 6.92 Å². The maximum Gasteiger partial charge on any atom is 0.235 e. The van der Waals surface area contributed by atoms with E-state index in [2.05, 4.69) is 9.97 Å². The molecule has 0 aromatic carbocycles. The smallest absolute Gasteiger partial charge is 0.235 e. The first-order chi connectivity index (χ1) is 5.65. The average molecular weight is 187 g/mol. The summed E-state index contributed by atoms with van der Waals surface area (Å²) in [5.74, 6) is 0.569. The number of aryl methyl sites for hydroxylation is 2. The van der Waals surface area contributed by atoms with E-state index in [0.29, 0.717) is 23.3 Å². The molecule has 0 atom stereocenters. The van der Waals surface area contributed by atoms with Crippen LogP contribution in [-0.4, -0.2) is 16.6 Å². The van der Waals surface area contributed by atoms with E-state index in [0.717, 1.165) is 5.69 Å². The molecule has 0 aliphatic carbocycles. The Bertz CT molecular complexity index is 289. The van der Waals surface area contributed by atoms with Crippen molar-refractivity contribution >= 4 is 11.6 Å². The van der Waals surface area contributed by atoms with Crippen LogP contribution >= 0.6 is 11.6 Å². The van der Waals surface area contributed by atoms with Crippen LogP contribution in [0, 0.1) is 13.8 Å². The average Bonchev–Trinajstić information content (AvgIpc) is 2.01. The van der Waals surface area contributed by atoms with E-state index >= 15 is 0 Å². The molecule has 0 spiro atoms. The predicted molar refractivity (Wildman–Crippen MR) is 47.7 cm³/mol. The minimum Gasteiger partial charge on any atom is -0.477 e. The van der Waals surface area contributed by atoms with Crippen molar-refractivity contribution < 1.29 is 4.74 Å². The van der Waals surface area contributed by atoms with Gasteiger partial charge in [-0.2, -0.15) is 0 Å². The molecule has 1 aromatic heterocycles. The first-order valence-electron chi connectivity index (χ1n) is 3.78. The third-order valence-corrected chi connectivity index (χ3v) is 1.78. The maximum atomic E-state index is 5.76. The van der Waals surface area contributed by atoms with E-state index in [9.17, 15) is 0 Å². The number of ether oxygens (including phenoxy) is 1. The van der Waals surface area contributed by atoms with Gasteiger partial charge in [0, 0.05) is 0 Å². The number of nitrogens with zero attached hydrogens (tertiary/aromatic N) is 2. The van der Waals surface area contributed by atoms with Gasteiger partial charge in [-0.25, -0.2) is 9.97 Å². The van der Waals surface area contributed by atoms with Gasteiger partial charge in [-0.05, 0) is 20.8 Å². The molecule has 1 aromatic rings. The molecule has 0 saturated carbocycles. The van der Waals surface area contributed by atoms with Crippen molar-refractivity contribution in [2.45, 2.75) is 20.8 Å². The van der Waals surface area contributed by atoms with Crippen LogP contribution < -0.4 is 4.74 Å². The summed E-state index contributed by atoms with van der Waals surface area (Å²) >= 11 is 5.76. The summed E-state index contributed by atoms with van der Waals surface area (Å²) < 4.78 is 5.24. The summed E-state index contributed by atoms with van der Waals surface area (Å²) in [6.07, 6.45) is 0. The van der Waals surface area contributed by atoms with Crippen LogP contribution in [0.2, 0.25) is 5.15 Å². The third kappa shape index (κ3) is 1.85. The molecule has 0 radical (unpaired) electrons. The molecule has 0 bridgehead atoms. The van der Waals surface area contributed by atoms with E-state index < -0.39 is 0 Å². The SMILES string of the molecule is CCOc1nc(C)c(Cl)nc1C. The molecular weight excluding hydrogens is 176 g/mol. The predicted octanol–water partition coefficient (Wildman–Crippen LogP) is 2.15. The molecule has 1 heterocycles. The van der Waals surface area contributed by atoms with Crippen LogP contribution in [0.5, 0.6) is 5.88 Å². The largest absolute Gasteiger partial charge is 0.477 e. The summed E-state index contributed by atoms with van der Waals surface area (Å²) in [6.45, 7) is 6.13. The summed E-state index contributed by atoms with van der Waals surface area (Å²) in [6, 6.07) is 0. The van der Waals surface area contributed by atoms with Gasteiger partial charge in [0.05, 0.1) is 12.3 Å². The topological polar surface area (TPSA) is 35.0 Å². The van der Waals surface area contributed by atoms with Crippen LogP contribution in [0.25, 0.3) is 0 Å². The second kappa shape index (κ2) is 3.72. The lowest BCUT2D eigenvalue weighted by Gasteiger charge is -2.06. The first kappa shape index (κ1) is 9.26. The fourth-order valence-corrected chi connectivity index (χ4v) is 0.998. The molecule has 0 aliphatic rings. The van der Waals surface area contributed by atoms with E-state index in [1.165, 1.54) is 0 Å². The minimum absolute atomic E-state index is 0.441. The number of rotatable bonds is 2. The summed E-state index contributed by atoms with van der Waals surface area (Å²) in [7, 11) is 0. The highest BCUT2D eigenvalue weighted by atomic mass is 35.5. The van der Waals surface area contributed by atoms with Crippen LogP contribution in [0.1, 0.15) is 18.3 Å². The van der Waals surface area contributed by atoms with E-state index in [1.807, 2.05) is 13.8 Å². The molecule has 0 N–H and O–H groups in total. The second-order valence-electron chi connectivity index (χ2n) is 2.42. The van der Waals surface area contributed by atoms with E-state index in [-0.39, 0.29) is 0 Å². The zero-order chi connectivity index (χ0) is 9.14. The Hall–Kier alpha value is -0.830. The van der Waals surface area contributed by atoms with Crippen molar-refractivity contribution in [1.29, 1.82) is 0 Å². The molecule has 0 aliphatic heterocycles. The van der Waals surface area contributed by atoms with Gasteiger partial charge in [0.15, 0.2) is 5.15 Å². The summed E-state index contributed by atoms with van der Waals surface area (Å²) in [5, 5.41) is 0.441. The standard InChI is InChI=1S/C8H11ClN2O/c1-4-12-8-6(3)10-7(9)5(2)11-8/h4H2,1-3H3. The zero-order valence-corrected chi connectivity index (χ0v) is 8.14. The van der Waals surface area contributed by atoms with Crippen molar-refractivity contribution in [2.24, 2.45) is 0 Å². The molecule has 66 valence electrons. The van der Waals surface area contributed by atoms with Gasteiger partial charge >= 0.3 is 0 Å². The van der Waals surface area contributed by atoms with Gasteiger partial charge in [0.2, 0.25) is 5.88 Å². The molecular formula is C8H11ClN2O. The number of aromatic nitrogens is 2. The fourth-order valence-electron chi connectivity index (χ4n) is 0.829. The number of hydrogen-bond donors (Lipinski definition) is 0. The Morgan fingerprint density at radius 1 is 1.25 bits per heavy atom. The monoisotopic (exact) mass is 186 g/mol. The molecule has 0 saturated heterocycles. The quantitative estimate of drug-likeness (QED) is 0.710. The fraction of sp³-hybridized carbons (Fsp3) is 0.500. The van der Waals surface area contributed by atoms with Crippen molar-refractivity contribution in [3.05, 3.63) is 16.5 Å². The first-order valence-corrected chi connectivity index (χ1v) is 4.16. The third-order valence-electron chi connectivity index (χ3n) is 1.42. The maximum absolute atomic E-state index is 5.76. The number of halogens is 1. The highest BCUT2D eigenvalue weighted by molar-refractivity contribution is 6.30. The van der Waals surface area contributed by atoms with Crippen LogP contribution in [0.15, 0.2) is 0 Å². The van der Waals surface area contributed by atoms with Gasteiger partial charge < -0.3 is 4.74 Å². The van der Waals surface area contributed by atoms with Gasteiger partial charge in [0.1, 0.15) is 5.69 Å². The lowest BCUT2D eigenvalue weighted by atomic mass is 10.4. The molecule has 0 fully saturated rings. The van der Waals surface area contributed by atoms with Gasteiger partial charge in [0.25, 0.3) is 0 Å². The Kier molecular flexibility index (Phi) is 2.87. The van der Waals surface area contributed by atoms with E-state index in [4.69, 9.17) is 16.3 Å². The minimum atomic E-state index is 0.441. The molecule has 4 heteroatoms. The normalized spacial score (nSPS) is 10.0. The lowest BCUT2D eigenvalue weighted by Crippen LogP contribution is -2.01. The molecule has 0 amide bonds.